The molecule has 0 unspecified atom stereocenters. The molecule has 0 amide bonds. The first kappa shape index (κ1) is 14.5. The zero-order valence-electron chi connectivity index (χ0n) is 12.9. The van der Waals surface area contributed by atoms with Crippen molar-refractivity contribution < 1.29 is 9.47 Å². The van der Waals surface area contributed by atoms with Crippen molar-refractivity contribution in [3.05, 3.63) is 5.82 Å². The second-order valence-corrected chi connectivity index (χ2v) is 5.72. The standard InChI is InChI=1S/C14H23N5O2/c1-10-8-20-6-4-18(10)13-15-12(3)16-14(17-13)19-5-7-21-9-11(19)2/h10-11H,4-9H2,1-3H3/t10-,11-/m0/s1. The van der Waals surface area contributed by atoms with Crippen LogP contribution in [0.15, 0.2) is 0 Å². The highest BCUT2D eigenvalue weighted by Crippen LogP contribution is 2.20. The van der Waals surface area contributed by atoms with Crippen LogP contribution in [-0.4, -0.2) is 66.6 Å². The summed E-state index contributed by atoms with van der Waals surface area (Å²) in [7, 11) is 0. The van der Waals surface area contributed by atoms with Gasteiger partial charge in [-0.05, 0) is 20.8 Å². The van der Waals surface area contributed by atoms with Crippen LogP contribution in [0.3, 0.4) is 0 Å². The summed E-state index contributed by atoms with van der Waals surface area (Å²) in [5, 5.41) is 0. The van der Waals surface area contributed by atoms with Crippen LogP contribution in [-0.2, 0) is 9.47 Å². The summed E-state index contributed by atoms with van der Waals surface area (Å²) in [6.07, 6.45) is 0. The Bertz CT molecular complexity index is 458. The molecular formula is C14H23N5O2. The third-order valence-electron chi connectivity index (χ3n) is 3.97. The van der Waals surface area contributed by atoms with Gasteiger partial charge in [0.15, 0.2) is 0 Å². The zero-order valence-corrected chi connectivity index (χ0v) is 12.9. The summed E-state index contributed by atoms with van der Waals surface area (Å²) in [4.78, 5) is 18.1. The van der Waals surface area contributed by atoms with Gasteiger partial charge in [0.2, 0.25) is 11.9 Å². The molecule has 2 fully saturated rings. The summed E-state index contributed by atoms with van der Waals surface area (Å²) < 4.78 is 11.0. The normalized spacial score (nSPS) is 27.0. The Morgan fingerprint density at radius 3 is 1.76 bits per heavy atom. The molecule has 21 heavy (non-hydrogen) atoms. The van der Waals surface area contributed by atoms with Gasteiger partial charge in [-0.3, -0.25) is 0 Å². The molecule has 7 heteroatoms. The highest BCUT2D eigenvalue weighted by molar-refractivity contribution is 5.41. The van der Waals surface area contributed by atoms with Crippen LogP contribution >= 0.6 is 0 Å². The molecule has 0 bridgehead atoms. The maximum absolute atomic E-state index is 5.49. The highest BCUT2D eigenvalue weighted by atomic mass is 16.5. The van der Waals surface area contributed by atoms with E-state index in [-0.39, 0.29) is 12.1 Å². The SMILES string of the molecule is Cc1nc(N2CCOC[C@@H]2C)nc(N2CCOC[C@@H]2C)n1. The lowest BCUT2D eigenvalue weighted by Gasteiger charge is -2.36. The smallest absolute Gasteiger partial charge is 0.230 e. The van der Waals surface area contributed by atoms with Gasteiger partial charge in [0.1, 0.15) is 5.82 Å². The van der Waals surface area contributed by atoms with Crippen LogP contribution < -0.4 is 9.80 Å². The number of aromatic nitrogens is 3. The Morgan fingerprint density at radius 1 is 0.857 bits per heavy atom. The van der Waals surface area contributed by atoms with Crippen LogP contribution in [0.2, 0.25) is 0 Å². The van der Waals surface area contributed by atoms with Crippen molar-refractivity contribution in [3.8, 4) is 0 Å². The number of nitrogens with zero attached hydrogens (tertiary/aromatic N) is 5. The lowest BCUT2D eigenvalue weighted by Crippen LogP contribution is -2.46. The van der Waals surface area contributed by atoms with Gasteiger partial charge in [0.05, 0.1) is 38.5 Å². The van der Waals surface area contributed by atoms with Crippen molar-refractivity contribution in [2.24, 2.45) is 0 Å². The van der Waals surface area contributed by atoms with Crippen molar-refractivity contribution in [1.82, 2.24) is 15.0 Å². The van der Waals surface area contributed by atoms with E-state index in [9.17, 15) is 0 Å². The largest absolute Gasteiger partial charge is 0.377 e. The minimum Gasteiger partial charge on any atom is -0.377 e. The maximum Gasteiger partial charge on any atom is 0.230 e. The van der Waals surface area contributed by atoms with E-state index in [2.05, 4.69) is 33.6 Å². The van der Waals surface area contributed by atoms with Gasteiger partial charge in [-0.25, -0.2) is 0 Å². The molecule has 2 aliphatic rings. The van der Waals surface area contributed by atoms with Crippen molar-refractivity contribution in [1.29, 1.82) is 0 Å². The topological polar surface area (TPSA) is 63.6 Å². The lowest BCUT2D eigenvalue weighted by molar-refractivity contribution is 0.0968. The fraction of sp³-hybridized carbons (Fsp3) is 0.786. The maximum atomic E-state index is 5.49. The van der Waals surface area contributed by atoms with E-state index in [0.717, 1.165) is 44.0 Å². The van der Waals surface area contributed by atoms with Crippen molar-refractivity contribution in [2.75, 3.05) is 49.3 Å². The van der Waals surface area contributed by atoms with E-state index in [1.807, 2.05) is 6.92 Å². The third kappa shape index (κ3) is 3.08. The van der Waals surface area contributed by atoms with E-state index in [1.54, 1.807) is 0 Å². The average Bonchev–Trinajstić information content (AvgIpc) is 2.47. The second kappa shape index (κ2) is 6.11. The monoisotopic (exact) mass is 293 g/mol. The molecule has 1 aromatic rings. The molecule has 2 atom stereocenters. The van der Waals surface area contributed by atoms with Crippen molar-refractivity contribution >= 4 is 11.9 Å². The van der Waals surface area contributed by atoms with Gasteiger partial charge in [-0.15, -0.1) is 0 Å². The number of rotatable bonds is 2. The number of ether oxygens (including phenoxy) is 2. The van der Waals surface area contributed by atoms with Crippen molar-refractivity contribution in [3.63, 3.8) is 0 Å². The van der Waals surface area contributed by atoms with Gasteiger partial charge in [0, 0.05) is 13.1 Å². The summed E-state index contributed by atoms with van der Waals surface area (Å²) in [6, 6.07) is 0.575. The fourth-order valence-electron chi connectivity index (χ4n) is 2.76. The molecule has 116 valence electrons. The van der Waals surface area contributed by atoms with Crippen LogP contribution in [0.25, 0.3) is 0 Å². The second-order valence-electron chi connectivity index (χ2n) is 5.72. The summed E-state index contributed by atoms with van der Waals surface area (Å²) >= 11 is 0. The Balaban J connectivity index is 1.88. The van der Waals surface area contributed by atoms with Crippen LogP contribution in [0.4, 0.5) is 11.9 Å². The Kier molecular flexibility index (Phi) is 4.21. The number of hydrogen-bond acceptors (Lipinski definition) is 7. The van der Waals surface area contributed by atoms with Gasteiger partial charge in [0.25, 0.3) is 0 Å². The van der Waals surface area contributed by atoms with Crippen LogP contribution in [0.5, 0.6) is 0 Å². The lowest BCUT2D eigenvalue weighted by atomic mass is 10.2. The minimum atomic E-state index is 0.288. The summed E-state index contributed by atoms with van der Waals surface area (Å²) in [6.45, 7) is 10.7. The molecule has 0 N–H and O–H groups in total. The summed E-state index contributed by atoms with van der Waals surface area (Å²) in [5.41, 5.74) is 0. The molecule has 0 aromatic carbocycles. The number of aryl methyl sites for hydroxylation is 1. The van der Waals surface area contributed by atoms with Crippen molar-refractivity contribution in [2.45, 2.75) is 32.9 Å². The first-order valence-corrected chi connectivity index (χ1v) is 7.56. The zero-order chi connectivity index (χ0) is 14.8. The molecule has 0 radical (unpaired) electrons. The van der Waals surface area contributed by atoms with E-state index < -0.39 is 0 Å². The predicted octanol–water partition coefficient (Wildman–Crippen LogP) is 0.630. The summed E-state index contributed by atoms with van der Waals surface area (Å²) in [5.74, 6) is 2.27. The molecule has 2 aliphatic heterocycles. The quantitative estimate of drug-likeness (QED) is 0.792. The van der Waals surface area contributed by atoms with Gasteiger partial charge < -0.3 is 19.3 Å². The molecule has 0 spiro atoms. The van der Waals surface area contributed by atoms with Gasteiger partial charge in [-0.2, -0.15) is 15.0 Å². The van der Waals surface area contributed by atoms with Gasteiger partial charge in [-0.1, -0.05) is 0 Å². The minimum absolute atomic E-state index is 0.288. The molecule has 2 saturated heterocycles. The number of anilines is 2. The van der Waals surface area contributed by atoms with E-state index >= 15 is 0 Å². The molecule has 7 nitrogen and oxygen atoms in total. The first-order valence-electron chi connectivity index (χ1n) is 7.56. The predicted molar refractivity (Wildman–Crippen MR) is 79.8 cm³/mol. The van der Waals surface area contributed by atoms with E-state index in [0.29, 0.717) is 13.2 Å². The molecule has 1 aromatic heterocycles. The number of morpholine rings is 2. The van der Waals surface area contributed by atoms with Gasteiger partial charge >= 0.3 is 0 Å². The number of hydrogen-bond donors (Lipinski definition) is 0. The Hall–Kier alpha value is -1.47. The van der Waals surface area contributed by atoms with Crippen LogP contribution in [0.1, 0.15) is 19.7 Å². The third-order valence-corrected chi connectivity index (χ3v) is 3.97. The molecule has 3 heterocycles. The highest BCUT2D eigenvalue weighted by Gasteiger charge is 2.26. The fourth-order valence-corrected chi connectivity index (χ4v) is 2.76. The molecule has 0 saturated carbocycles. The van der Waals surface area contributed by atoms with E-state index in [1.165, 1.54) is 0 Å². The molecule has 0 aliphatic carbocycles. The molecule has 3 rings (SSSR count). The van der Waals surface area contributed by atoms with Crippen LogP contribution in [0, 0.1) is 6.92 Å². The first-order chi connectivity index (χ1) is 10.1. The Labute approximate surface area is 125 Å². The molecular weight excluding hydrogens is 270 g/mol. The average molecular weight is 293 g/mol. The van der Waals surface area contributed by atoms with E-state index in [4.69, 9.17) is 14.5 Å². The Morgan fingerprint density at radius 2 is 1.33 bits per heavy atom.